The van der Waals surface area contributed by atoms with Crippen molar-refractivity contribution in [2.45, 2.75) is 13.0 Å². The molecule has 116 valence electrons. The van der Waals surface area contributed by atoms with Crippen LogP contribution in [0.15, 0.2) is 30.5 Å². The lowest BCUT2D eigenvalue weighted by Crippen LogP contribution is -2.25. The van der Waals surface area contributed by atoms with E-state index in [1.807, 2.05) is 12.1 Å². The van der Waals surface area contributed by atoms with E-state index in [-0.39, 0.29) is 5.69 Å². The molecule has 1 N–H and O–H groups in total. The normalized spacial score (nSPS) is 14.6. The minimum Gasteiger partial charge on any atom is -0.477 e. The number of aromatic nitrogens is 2. The van der Waals surface area contributed by atoms with Gasteiger partial charge in [-0.1, -0.05) is 12.1 Å². The average Bonchev–Trinajstić information content (AvgIpc) is 2.79. The Morgan fingerprint density at radius 3 is 2.64 bits per heavy atom. The summed E-state index contributed by atoms with van der Waals surface area (Å²) in [6.45, 7) is 2.54. The standard InChI is InChI=1S/C16H20N4O2/c1-18-8-5-9-20(13-7-4-3-6-12(13)18)11-15-17-10-14(16(21)22)19(15)2/h3-4,6-7,10H,5,8-9,11H2,1-2H3,(H,21,22). The average molecular weight is 300 g/mol. The van der Waals surface area contributed by atoms with Crippen molar-refractivity contribution in [1.82, 2.24) is 9.55 Å². The first-order valence-corrected chi connectivity index (χ1v) is 7.37. The van der Waals surface area contributed by atoms with Crippen LogP contribution in [0.25, 0.3) is 0 Å². The molecule has 0 aliphatic carbocycles. The summed E-state index contributed by atoms with van der Waals surface area (Å²) in [6, 6.07) is 8.31. The number of rotatable bonds is 3. The quantitative estimate of drug-likeness (QED) is 0.939. The van der Waals surface area contributed by atoms with Gasteiger partial charge in [0.1, 0.15) is 11.5 Å². The Bertz CT molecular complexity index is 695. The highest BCUT2D eigenvalue weighted by atomic mass is 16.4. The molecule has 2 aromatic rings. The van der Waals surface area contributed by atoms with Crippen molar-refractivity contribution in [1.29, 1.82) is 0 Å². The largest absolute Gasteiger partial charge is 0.477 e. The first-order valence-electron chi connectivity index (χ1n) is 7.37. The maximum absolute atomic E-state index is 11.1. The SMILES string of the molecule is CN1CCCN(Cc2ncc(C(=O)O)n2C)c2ccccc21. The summed E-state index contributed by atoms with van der Waals surface area (Å²) in [4.78, 5) is 20.0. The Kier molecular flexibility index (Phi) is 3.75. The summed E-state index contributed by atoms with van der Waals surface area (Å²) in [5.41, 5.74) is 2.59. The van der Waals surface area contributed by atoms with Crippen molar-refractivity contribution in [3.8, 4) is 0 Å². The van der Waals surface area contributed by atoms with Gasteiger partial charge in [-0.2, -0.15) is 0 Å². The van der Waals surface area contributed by atoms with Gasteiger partial charge in [0.25, 0.3) is 0 Å². The van der Waals surface area contributed by atoms with Gasteiger partial charge in [-0.25, -0.2) is 9.78 Å². The molecule has 0 fully saturated rings. The van der Waals surface area contributed by atoms with Gasteiger partial charge >= 0.3 is 5.97 Å². The zero-order valence-corrected chi connectivity index (χ0v) is 12.9. The van der Waals surface area contributed by atoms with Crippen molar-refractivity contribution in [3.05, 3.63) is 42.0 Å². The highest BCUT2D eigenvalue weighted by molar-refractivity contribution is 5.85. The maximum atomic E-state index is 11.1. The molecule has 3 rings (SSSR count). The third kappa shape index (κ3) is 2.52. The molecular formula is C16H20N4O2. The Hall–Kier alpha value is -2.50. The molecular weight excluding hydrogens is 280 g/mol. The lowest BCUT2D eigenvalue weighted by atomic mass is 10.2. The smallest absolute Gasteiger partial charge is 0.354 e. The number of aromatic carboxylic acids is 1. The minimum atomic E-state index is -0.947. The number of nitrogens with zero attached hydrogens (tertiary/aromatic N) is 4. The van der Waals surface area contributed by atoms with Crippen LogP contribution in [0, 0.1) is 0 Å². The van der Waals surface area contributed by atoms with Gasteiger partial charge in [0, 0.05) is 27.2 Å². The van der Waals surface area contributed by atoms with Crippen molar-refractivity contribution >= 4 is 17.3 Å². The predicted octanol–water partition coefficient (Wildman–Crippen LogP) is 1.96. The number of carbonyl (C=O) groups is 1. The lowest BCUT2D eigenvalue weighted by Gasteiger charge is -2.25. The summed E-state index contributed by atoms with van der Waals surface area (Å²) in [5.74, 6) is -0.186. The van der Waals surface area contributed by atoms with Crippen LogP contribution in [0.4, 0.5) is 11.4 Å². The maximum Gasteiger partial charge on any atom is 0.354 e. The fraction of sp³-hybridized carbons (Fsp3) is 0.375. The van der Waals surface area contributed by atoms with E-state index < -0.39 is 5.97 Å². The second kappa shape index (κ2) is 5.71. The Morgan fingerprint density at radius 2 is 1.95 bits per heavy atom. The Balaban J connectivity index is 1.92. The molecule has 6 nitrogen and oxygen atoms in total. The molecule has 1 aromatic carbocycles. The van der Waals surface area contributed by atoms with E-state index in [0.717, 1.165) is 25.3 Å². The van der Waals surface area contributed by atoms with Gasteiger partial charge in [-0.05, 0) is 18.6 Å². The van der Waals surface area contributed by atoms with Crippen LogP contribution < -0.4 is 9.80 Å². The van der Waals surface area contributed by atoms with Crippen LogP contribution in [-0.2, 0) is 13.6 Å². The monoisotopic (exact) mass is 300 g/mol. The van der Waals surface area contributed by atoms with E-state index in [0.29, 0.717) is 6.54 Å². The highest BCUT2D eigenvalue weighted by Crippen LogP contribution is 2.32. The minimum absolute atomic E-state index is 0.218. The zero-order valence-electron chi connectivity index (χ0n) is 12.9. The van der Waals surface area contributed by atoms with Gasteiger partial charge in [0.15, 0.2) is 0 Å². The molecule has 22 heavy (non-hydrogen) atoms. The van der Waals surface area contributed by atoms with Crippen LogP contribution >= 0.6 is 0 Å². The second-order valence-electron chi connectivity index (χ2n) is 5.61. The molecule has 0 radical (unpaired) electrons. The second-order valence-corrected chi connectivity index (χ2v) is 5.61. The summed E-state index contributed by atoms with van der Waals surface area (Å²) < 4.78 is 1.65. The third-order valence-corrected chi connectivity index (χ3v) is 4.19. The van der Waals surface area contributed by atoms with Crippen LogP contribution in [0.5, 0.6) is 0 Å². The molecule has 2 heterocycles. The molecule has 0 saturated heterocycles. The molecule has 1 aromatic heterocycles. The van der Waals surface area contributed by atoms with Gasteiger partial charge < -0.3 is 19.5 Å². The summed E-state index contributed by atoms with van der Waals surface area (Å²) in [7, 11) is 3.85. The third-order valence-electron chi connectivity index (χ3n) is 4.19. The van der Waals surface area contributed by atoms with Crippen LogP contribution in [0.2, 0.25) is 0 Å². The number of benzene rings is 1. The first-order chi connectivity index (χ1) is 10.6. The number of imidazole rings is 1. The number of hydrogen-bond acceptors (Lipinski definition) is 4. The van der Waals surface area contributed by atoms with E-state index in [2.05, 4.69) is 34.0 Å². The van der Waals surface area contributed by atoms with Gasteiger partial charge in [-0.15, -0.1) is 0 Å². The molecule has 0 saturated carbocycles. The molecule has 6 heteroatoms. The van der Waals surface area contributed by atoms with E-state index in [9.17, 15) is 4.79 Å². The van der Waals surface area contributed by atoms with Crippen LogP contribution in [-0.4, -0.2) is 40.8 Å². The van der Waals surface area contributed by atoms with Crippen molar-refractivity contribution in [2.75, 3.05) is 29.9 Å². The fourth-order valence-electron chi connectivity index (χ4n) is 2.92. The van der Waals surface area contributed by atoms with E-state index in [1.54, 1.807) is 11.6 Å². The Labute approximate surface area is 129 Å². The highest BCUT2D eigenvalue weighted by Gasteiger charge is 2.20. The molecule has 0 spiro atoms. The van der Waals surface area contributed by atoms with E-state index in [1.165, 1.54) is 17.6 Å². The van der Waals surface area contributed by atoms with Crippen LogP contribution in [0.3, 0.4) is 0 Å². The molecule has 0 amide bonds. The van der Waals surface area contributed by atoms with E-state index in [4.69, 9.17) is 5.11 Å². The number of carboxylic acid groups (broad SMARTS) is 1. The number of para-hydroxylation sites is 2. The first kappa shape index (κ1) is 14.4. The number of anilines is 2. The van der Waals surface area contributed by atoms with Gasteiger partial charge in [0.05, 0.1) is 24.1 Å². The van der Waals surface area contributed by atoms with Crippen molar-refractivity contribution in [3.63, 3.8) is 0 Å². The number of carboxylic acids is 1. The van der Waals surface area contributed by atoms with Gasteiger partial charge in [0.2, 0.25) is 0 Å². The van der Waals surface area contributed by atoms with E-state index >= 15 is 0 Å². The van der Waals surface area contributed by atoms with Crippen molar-refractivity contribution < 1.29 is 9.90 Å². The summed E-state index contributed by atoms with van der Waals surface area (Å²) in [6.07, 6.45) is 2.48. The Morgan fingerprint density at radius 1 is 1.23 bits per heavy atom. The molecule has 1 aliphatic rings. The lowest BCUT2D eigenvalue weighted by molar-refractivity contribution is 0.0686. The molecule has 0 unspecified atom stereocenters. The molecule has 0 atom stereocenters. The number of hydrogen-bond donors (Lipinski definition) is 1. The molecule has 0 bridgehead atoms. The van der Waals surface area contributed by atoms with Crippen molar-refractivity contribution in [2.24, 2.45) is 7.05 Å². The summed E-state index contributed by atoms with van der Waals surface area (Å²) in [5, 5.41) is 9.14. The van der Waals surface area contributed by atoms with Crippen LogP contribution in [0.1, 0.15) is 22.7 Å². The summed E-state index contributed by atoms with van der Waals surface area (Å²) >= 11 is 0. The van der Waals surface area contributed by atoms with Gasteiger partial charge in [-0.3, -0.25) is 0 Å². The predicted molar refractivity (Wildman–Crippen MR) is 85.5 cm³/mol. The molecule has 1 aliphatic heterocycles. The fourth-order valence-corrected chi connectivity index (χ4v) is 2.92. The number of fused-ring (bicyclic) bond motifs is 1. The topological polar surface area (TPSA) is 61.6 Å². The zero-order chi connectivity index (χ0) is 15.7.